The van der Waals surface area contributed by atoms with Gasteiger partial charge in [0, 0.05) is 6.54 Å². The van der Waals surface area contributed by atoms with Crippen molar-refractivity contribution in [3.05, 3.63) is 29.3 Å². The summed E-state index contributed by atoms with van der Waals surface area (Å²) in [6.07, 6.45) is 0.169. The molecular formula is C14H21NO2. The predicted molar refractivity (Wildman–Crippen MR) is 68.4 cm³/mol. The van der Waals surface area contributed by atoms with Gasteiger partial charge >= 0.3 is 0 Å². The van der Waals surface area contributed by atoms with E-state index in [2.05, 4.69) is 38.2 Å². The lowest BCUT2D eigenvalue weighted by Crippen LogP contribution is -2.14. The number of ether oxygens (including phenoxy) is 2. The standard InChI is InChI=1S/C14H21NO2/c1-14(2,3)11-7-10(5-6-12(11)16-4)13-8-15-9-17-13/h5-7,13,15H,8-9H2,1-4H3. The first kappa shape index (κ1) is 12.4. The average Bonchev–Trinajstić information content (AvgIpc) is 2.80. The molecule has 0 aromatic heterocycles. The Bertz CT molecular complexity index is 390. The van der Waals surface area contributed by atoms with Gasteiger partial charge in [-0.25, -0.2) is 0 Å². The fraction of sp³-hybridized carbons (Fsp3) is 0.571. The van der Waals surface area contributed by atoms with Crippen LogP contribution in [0.1, 0.15) is 38.0 Å². The summed E-state index contributed by atoms with van der Waals surface area (Å²) in [7, 11) is 1.72. The van der Waals surface area contributed by atoms with E-state index in [4.69, 9.17) is 9.47 Å². The molecular weight excluding hydrogens is 214 g/mol. The number of nitrogens with one attached hydrogen (secondary N) is 1. The van der Waals surface area contributed by atoms with Crippen molar-refractivity contribution in [2.24, 2.45) is 0 Å². The molecule has 1 atom stereocenters. The third-order valence-electron chi connectivity index (χ3n) is 3.12. The monoisotopic (exact) mass is 235 g/mol. The van der Waals surface area contributed by atoms with Crippen LogP contribution in [0.5, 0.6) is 5.75 Å². The van der Waals surface area contributed by atoms with Crippen LogP contribution in [0, 0.1) is 0 Å². The van der Waals surface area contributed by atoms with Crippen LogP contribution in [-0.2, 0) is 10.2 Å². The van der Waals surface area contributed by atoms with Gasteiger partial charge in [0.05, 0.1) is 19.9 Å². The Hall–Kier alpha value is -1.06. The zero-order valence-corrected chi connectivity index (χ0v) is 11.0. The maximum atomic E-state index is 5.63. The number of hydrogen-bond acceptors (Lipinski definition) is 3. The van der Waals surface area contributed by atoms with Crippen LogP contribution in [0.3, 0.4) is 0 Å². The van der Waals surface area contributed by atoms with Crippen LogP contribution in [0.2, 0.25) is 0 Å². The van der Waals surface area contributed by atoms with Gasteiger partial charge in [0.25, 0.3) is 0 Å². The molecule has 1 aromatic rings. The van der Waals surface area contributed by atoms with E-state index in [0.717, 1.165) is 12.3 Å². The number of methoxy groups -OCH3 is 1. The van der Waals surface area contributed by atoms with E-state index in [-0.39, 0.29) is 11.5 Å². The molecule has 1 aromatic carbocycles. The molecule has 1 aliphatic rings. The van der Waals surface area contributed by atoms with Crippen molar-refractivity contribution in [2.75, 3.05) is 20.4 Å². The molecule has 1 N–H and O–H groups in total. The molecule has 1 fully saturated rings. The quantitative estimate of drug-likeness (QED) is 0.854. The van der Waals surface area contributed by atoms with Gasteiger partial charge in [-0.1, -0.05) is 26.8 Å². The minimum Gasteiger partial charge on any atom is -0.496 e. The molecule has 0 bridgehead atoms. The molecule has 1 heterocycles. The fourth-order valence-electron chi connectivity index (χ4n) is 2.13. The Morgan fingerprint density at radius 3 is 2.65 bits per heavy atom. The summed E-state index contributed by atoms with van der Waals surface area (Å²) in [5, 5.41) is 3.20. The smallest absolute Gasteiger partial charge is 0.122 e. The third kappa shape index (κ3) is 2.61. The van der Waals surface area contributed by atoms with Crippen molar-refractivity contribution in [2.45, 2.75) is 32.3 Å². The summed E-state index contributed by atoms with van der Waals surface area (Å²) in [6.45, 7) is 8.12. The first-order valence-corrected chi connectivity index (χ1v) is 6.03. The molecule has 0 radical (unpaired) electrons. The number of hydrogen-bond donors (Lipinski definition) is 1. The summed E-state index contributed by atoms with van der Waals surface area (Å²) >= 11 is 0. The van der Waals surface area contributed by atoms with Crippen molar-refractivity contribution < 1.29 is 9.47 Å². The highest BCUT2D eigenvalue weighted by molar-refractivity contribution is 5.42. The normalized spacial score (nSPS) is 20.6. The molecule has 0 saturated carbocycles. The first-order chi connectivity index (χ1) is 8.02. The summed E-state index contributed by atoms with van der Waals surface area (Å²) in [5.41, 5.74) is 2.53. The summed E-state index contributed by atoms with van der Waals surface area (Å²) in [5.74, 6) is 0.951. The van der Waals surface area contributed by atoms with Gasteiger partial charge in [-0.15, -0.1) is 0 Å². The van der Waals surface area contributed by atoms with Crippen LogP contribution >= 0.6 is 0 Å². The van der Waals surface area contributed by atoms with Gasteiger partial charge in [0.15, 0.2) is 0 Å². The van der Waals surface area contributed by atoms with E-state index < -0.39 is 0 Å². The Labute approximate surface area is 103 Å². The van der Waals surface area contributed by atoms with Crippen LogP contribution < -0.4 is 10.1 Å². The van der Waals surface area contributed by atoms with Crippen molar-refractivity contribution in [3.8, 4) is 5.75 Å². The predicted octanol–water partition coefficient (Wildman–Crippen LogP) is 2.61. The zero-order valence-electron chi connectivity index (χ0n) is 11.0. The second-order valence-corrected chi connectivity index (χ2v) is 5.46. The van der Waals surface area contributed by atoms with E-state index in [1.54, 1.807) is 7.11 Å². The second-order valence-electron chi connectivity index (χ2n) is 5.46. The fourth-order valence-corrected chi connectivity index (χ4v) is 2.13. The van der Waals surface area contributed by atoms with Crippen LogP contribution in [0.4, 0.5) is 0 Å². The lowest BCUT2D eigenvalue weighted by atomic mass is 9.85. The SMILES string of the molecule is COc1ccc(C2CNCO2)cc1C(C)(C)C. The lowest BCUT2D eigenvalue weighted by molar-refractivity contribution is 0.114. The molecule has 94 valence electrons. The van der Waals surface area contributed by atoms with Crippen molar-refractivity contribution in [1.82, 2.24) is 5.32 Å². The minimum atomic E-state index is 0.0768. The van der Waals surface area contributed by atoms with E-state index in [0.29, 0.717) is 6.73 Å². The summed E-state index contributed by atoms with van der Waals surface area (Å²) in [4.78, 5) is 0. The van der Waals surface area contributed by atoms with E-state index in [9.17, 15) is 0 Å². The Balaban J connectivity index is 2.37. The summed E-state index contributed by atoms with van der Waals surface area (Å²) < 4.78 is 11.1. The van der Waals surface area contributed by atoms with E-state index in [1.165, 1.54) is 11.1 Å². The highest BCUT2D eigenvalue weighted by Crippen LogP contribution is 2.34. The maximum absolute atomic E-state index is 5.63. The summed E-state index contributed by atoms with van der Waals surface area (Å²) in [6, 6.07) is 6.33. The van der Waals surface area contributed by atoms with Gasteiger partial charge < -0.3 is 9.47 Å². The minimum absolute atomic E-state index is 0.0768. The number of rotatable bonds is 2. The number of benzene rings is 1. The largest absolute Gasteiger partial charge is 0.496 e. The van der Waals surface area contributed by atoms with Crippen LogP contribution in [0.15, 0.2) is 18.2 Å². The van der Waals surface area contributed by atoms with Crippen molar-refractivity contribution in [1.29, 1.82) is 0 Å². The Morgan fingerprint density at radius 1 is 1.35 bits per heavy atom. The van der Waals surface area contributed by atoms with E-state index in [1.807, 2.05) is 6.07 Å². The molecule has 2 rings (SSSR count). The highest BCUT2D eigenvalue weighted by atomic mass is 16.5. The molecule has 1 unspecified atom stereocenters. The second kappa shape index (κ2) is 4.67. The molecule has 1 saturated heterocycles. The third-order valence-corrected chi connectivity index (χ3v) is 3.12. The molecule has 3 heteroatoms. The van der Waals surface area contributed by atoms with Gasteiger partial charge in [-0.2, -0.15) is 0 Å². The topological polar surface area (TPSA) is 30.5 Å². The molecule has 0 aliphatic carbocycles. The van der Waals surface area contributed by atoms with Crippen molar-refractivity contribution in [3.63, 3.8) is 0 Å². The zero-order chi connectivity index (χ0) is 12.5. The van der Waals surface area contributed by atoms with Gasteiger partial charge in [-0.05, 0) is 28.7 Å². The van der Waals surface area contributed by atoms with Crippen LogP contribution in [0.25, 0.3) is 0 Å². The van der Waals surface area contributed by atoms with Gasteiger partial charge in [-0.3, -0.25) is 5.32 Å². The first-order valence-electron chi connectivity index (χ1n) is 6.03. The van der Waals surface area contributed by atoms with Gasteiger partial charge in [0.2, 0.25) is 0 Å². The molecule has 1 aliphatic heterocycles. The molecule has 0 spiro atoms. The van der Waals surface area contributed by atoms with Crippen LogP contribution in [-0.4, -0.2) is 20.4 Å². The Morgan fingerprint density at radius 2 is 2.12 bits per heavy atom. The lowest BCUT2D eigenvalue weighted by Gasteiger charge is -2.23. The maximum Gasteiger partial charge on any atom is 0.122 e. The Kier molecular flexibility index (Phi) is 3.40. The highest BCUT2D eigenvalue weighted by Gasteiger charge is 2.23. The van der Waals surface area contributed by atoms with Crippen molar-refractivity contribution >= 4 is 0 Å². The van der Waals surface area contributed by atoms with E-state index >= 15 is 0 Å². The molecule has 17 heavy (non-hydrogen) atoms. The molecule has 0 amide bonds. The molecule has 3 nitrogen and oxygen atoms in total. The van der Waals surface area contributed by atoms with Gasteiger partial charge in [0.1, 0.15) is 5.75 Å². The average molecular weight is 235 g/mol.